The summed E-state index contributed by atoms with van der Waals surface area (Å²) in [6.45, 7) is 10.5. The summed E-state index contributed by atoms with van der Waals surface area (Å²) in [4.78, 5) is 14.8. The minimum atomic E-state index is -0.490. The quantitative estimate of drug-likeness (QED) is 0.564. The third-order valence-corrected chi connectivity index (χ3v) is 5.70. The van der Waals surface area contributed by atoms with Crippen molar-refractivity contribution in [2.45, 2.75) is 51.7 Å². The highest BCUT2D eigenvalue weighted by Crippen LogP contribution is 2.36. The van der Waals surface area contributed by atoms with Crippen molar-refractivity contribution in [3.05, 3.63) is 23.8 Å². The van der Waals surface area contributed by atoms with Gasteiger partial charge in [0.05, 0.1) is 23.4 Å². The van der Waals surface area contributed by atoms with Crippen LogP contribution < -0.4 is 10.2 Å². The Bertz CT molecular complexity index is 669. The third-order valence-electron chi connectivity index (χ3n) is 5.70. The van der Waals surface area contributed by atoms with Crippen LogP contribution in [0.5, 0.6) is 5.75 Å². The molecule has 2 heterocycles. The number of amides is 1. The molecule has 0 bridgehead atoms. The lowest BCUT2D eigenvalue weighted by Crippen LogP contribution is -2.41. The lowest BCUT2D eigenvalue weighted by atomic mass is 9.78. The normalized spacial score (nSPS) is 20.9. The number of carbonyl (C=O) groups is 1. The maximum Gasteiger partial charge on any atom is 0.494 e. The van der Waals surface area contributed by atoms with Gasteiger partial charge in [-0.05, 0) is 58.1 Å². The van der Waals surface area contributed by atoms with E-state index >= 15 is 0 Å². The third kappa shape index (κ3) is 4.15. The van der Waals surface area contributed by atoms with E-state index in [0.717, 1.165) is 31.4 Å². The maximum atomic E-state index is 12.9. The minimum Gasteiger partial charge on any atom is -0.490 e. The Hall–Kier alpha value is -1.57. The van der Waals surface area contributed by atoms with Gasteiger partial charge in [0.15, 0.2) is 0 Å². The molecule has 0 unspecified atom stereocenters. The van der Waals surface area contributed by atoms with Crippen molar-refractivity contribution in [2.75, 3.05) is 33.4 Å². The molecule has 0 atom stereocenters. The van der Waals surface area contributed by atoms with Gasteiger partial charge in [0, 0.05) is 20.2 Å². The summed E-state index contributed by atoms with van der Waals surface area (Å²) >= 11 is 0. The van der Waals surface area contributed by atoms with E-state index in [2.05, 4.69) is 0 Å². The van der Waals surface area contributed by atoms with Crippen LogP contribution in [0.3, 0.4) is 0 Å². The van der Waals surface area contributed by atoms with Gasteiger partial charge in [0.25, 0.3) is 5.91 Å². The highest BCUT2D eigenvalue weighted by atomic mass is 16.7. The highest BCUT2D eigenvalue weighted by molar-refractivity contribution is 6.62. The molecule has 1 aromatic carbocycles. The number of likely N-dealkylation sites (tertiary alicyclic amines) is 1. The lowest BCUT2D eigenvalue weighted by Gasteiger charge is -2.32. The summed E-state index contributed by atoms with van der Waals surface area (Å²) in [7, 11) is 1.14. The smallest absolute Gasteiger partial charge is 0.490 e. The van der Waals surface area contributed by atoms with Gasteiger partial charge in [-0.3, -0.25) is 4.79 Å². The van der Waals surface area contributed by atoms with Crippen molar-refractivity contribution in [2.24, 2.45) is 0 Å². The van der Waals surface area contributed by atoms with Gasteiger partial charge in [0.2, 0.25) is 0 Å². The van der Waals surface area contributed by atoms with E-state index in [0.29, 0.717) is 24.5 Å². The van der Waals surface area contributed by atoms with Crippen LogP contribution in [-0.4, -0.2) is 62.5 Å². The Kier molecular flexibility index (Phi) is 5.84. The van der Waals surface area contributed by atoms with Crippen LogP contribution in [0.1, 0.15) is 50.9 Å². The zero-order chi connectivity index (χ0) is 19.7. The Balaban J connectivity index is 1.86. The monoisotopic (exact) mass is 375 g/mol. The number of rotatable bonds is 6. The van der Waals surface area contributed by atoms with Gasteiger partial charge in [-0.1, -0.05) is 6.07 Å². The molecule has 2 aliphatic rings. The summed E-state index contributed by atoms with van der Waals surface area (Å²) in [6.07, 6.45) is 2.11. The van der Waals surface area contributed by atoms with Crippen LogP contribution in [0, 0.1) is 0 Å². The second kappa shape index (κ2) is 7.82. The SMILES string of the molecule is COCCOc1cc(B2OC(C)(C)C(C)(C)O2)ccc1C(=O)N1CCCC1. The van der Waals surface area contributed by atoms with E-state index < -0.39 is 18.3 Å². The van der Waals surface area contributed by atoms with E-state index in [1.165, 1.54) is 0 Å². The number of methoxy groups -OCH3 is 1. The van der Waals surface area contributed by atoms with Crippen LogP contribution in [0.2, 0.25) is 0 Å². The van der Waals surface area contributed by atoms with E-state index in [-0.39, 0.29) is 5.91 Å². The Morgan fingerprint density at radius 1 is 1.11 bits per heavy atom. The van der Waals surface area contributed by atoms with Crippen LogP contribution >= 0.6 is 0 Å². The van der Waals surface area contributed by atoms with Crippen LogP contribution in [0.25, 0.3) is 0 Å². The van der Waals surface area contributed by atoms with Crippen LogP contribution in [0.4, 0.5) is 0 Å². The molecule has 2 saturated heterocycles. The predicted molar refractivity (Wildman–Crippen MR) is 105 cm³/mol. The molecule has 2 fully saturated rings. The molecule has 1 amide bonds. The number of hydrogen-bond donors (Lipinski definition) is 0. The standard InChI is InChI=1S/C20H30BNO5/c1-19(2)20(3,4)27-21(26-19)15-8-9-16(17(14-15)25-13-12-24-5)18(23)22-10-6-7-11-22/h8-9,14H,6-7,10-13H2,1-5H3. The van der Waals surface area contributed by atoms with Gasteiger partial charge < -0.3 is 23.7 Å². The Labute approximate surface area is 162 Å². The van der Waals surface area contributed by atoms with Crippen molar-refractivity contribution in [3.63, 3.8) is 0 Å². The van der Waals surface area contributed by atoms with Gasteiger partial charge >= 0.3 is 7.12 Å². The largest absolute Gasteiger partial charge is 0.494 e. The first-order valence-corrected chi connectivity index (χ1v) is 9.66. The van der Waals surface area contributed by atoms with Crippen LogP contribution in [0.15, 0.2) is 18.2 Å². The molecule has 6 nitrogen and oxygen atoms in total. The molecular formula is C20H30BNO5. The molecule has 2 aliphatic heterocycles. The first kappa shape index (κ1) is 20.2. The number of nitrogens with zero attached hydrogens (tertiary/aromatic N) is 1. The van der Waals surface area contributed by atoms with Crippen molar-refractivity contribution < 1.29 is 23.6 Å². The molecule has 0 spiro atoms. The Morgan fingerprint density at radius 3 is 2.33 bits per heavy atom. The molecule has 0 aromatic heterocycles. The van der Waals surface area contributed by atoms with E-state index in [9.17, 15) is 4.79 Å². The van der Waals surface area contributed by atoms with Crippen molar-refractivity contribution in [3.8, 4) is 5.75 Å². The molecule has 148 valence electrons. The fraction of sp³-hybridized carbons (Fsp3) is 0.650. The summed E-state index contributed by atoms with van der Waals surface area (Å²) in [5.74, 6) is 0.566. The summed E-state index contributed by atoms with van der Waals surface area (Å²) in [5.41, 5.74) is 0.588. The van der Waals surface area contributed by atoms with Gasteiger partial charge in [0.1, 0.15) is 12.4 Å². The fourth-order valence-electron chi connectivity index (χ4n) is 3.29. The van der Waals surface area contributed by atoms with Crippen LogP contribution in [-0.2, 0) is 14.0 Å². The molecule has 27 heavy (non-hydrogen) atoms. The molecule has 0 aliphatic carbocycles. The highest BCUT2D eigenvalue weighted by Gasteiger charge is 2.51. The maximum absolute atomic E-state index is 12.9. The minimum absolute atomic E-state index is 0.0142. The average molecular weight is 375 g/mol. The lowest BCUT2D eigenvalue weighted by molar-refractivity contribution is 0.00578. The molecule has 0 saturated carbocycles. The van der Waals surface area contributed by atoms with Crippen molar-refractivity contribution in [1.82, 2.24) is 4.90 Å². The van der Waals surface area contributed by atoms with E-state index in [4.69, 9.17) is 18.8 Å². The summed E-state index contributed by atoms with van der Waals surface area (Å²) < 4.78 is 23.2. The Morgan fingerprint density at radius 2 is 1.74 bits per heavy atom. The number of benzene rings is 1. The first-order chi connectivity index (χ1) is 12.7. The van der Waals surface area contributed by atoms with Gasteiger partial charge in [-0.15, -0.1) is 0 Å². The average Bonchev–Trinajstić information content (AvgIpc) is 3.21. The fourth-order valence-corrected chi connectivity index (χ4v) is 3.29. The zero-order valence-electron chi connectivity index (χ0n) is 17.0. The van der Waals surface area contributed by atoms with E-state index in [1.54, 1.807) is 7.11 Å². The molecule has 0 radical (unpaired) electrons. The second-order valence-corrected chi connectivity index (χ2v) is 8.18. The van der Waals surface area contributed by atoms with Gasteiger partial charge in [-0.25, -0.2) is 0 Å². The van der Waals surface area contributed by atoms with Gasteiger partial charge in [-0.2, -0.15) is 0 Å². The molecule has 7 heteroatoms. The topological polar surface area (TPSA) is 57.2 Å². The molecule has 0 N–H and O–H groups in total. The summed E-state index contributed by atoms with van der Waals surface area (Å²) in [6, 6.07) is 5.58. The molecule has 3 rings (SSSR count). The first-order valence-electron chi connectivity index (χ1n) is 9.66. The second-order valence-electron chi connectivity index (χ2n) is 8.18. The number of carbonyl (C=O) groups excluding carboxylic acids is 1. The number of hydrogen-bond acceptors (Lipinski definition) is 5. The predicted octanol–water partition coefficient (Wildman–Crippen LogP) is 2.25. The molecular weight excluding hydrogens is 345 g/mol. The summed E-state index contributed by atoms with van der Waals surface area (Å²) in [5, 5.41) is 0. The zero-order valence-corrected chi connectivity index (χ0v) is 17.0. The van der Waals surface area contributed by atoms with Crippen molar-refractivity contribution in [1.29, 1.82) is 0 Å². The van der Waals surface area contributed by atoms with E-state index in [1.807, 2.05) is 50.8 Å². The van der Waals surface area contributed by atoms with Crippen molar-refractivity contribution >= 4 is 18.5 Å². The number of ether oxygens (including phenoxy) is 2. The molecule has 1 aromatic rings.